The maximum atomic E-state index is 5.86. The molecule has 1 unspecified atom stereocenters. The van der Waals surface area contributed by atoms with Crippen LogP contribution in [0.4, 0.5) is 0 Å². The highest BCUT2D eigenvalue weighted by Gasteiger charge is 2.30. The molecule has 0 aliphatic carbocycles. The predicted octanol–water partition coefficient (Wildman–Crippen LogP) is 3.58. The van der Waals surface area contributed by atoms with E-state index in [1.807, 2.05) is 49.5 Å². The number of halogens is 1. The first kappa shape index (κ1) is 22.8. The molecule has 1 N–H and O–H groups in total. The molecule has 0 bridgehead atoms. The number of para-hydroxylation sites is 1. The smallest absolute Gasteiger partial charge is 0.193 e. The Balaban J connectivity index is 0.00000256. The number of likely N-dealkylation sites (tertiary alicyclic amines) is 1. The number of nitrogens with one attached hydrogen (secondary N) is 1. The minimum Gasteiger partial charge on any atom is -0.457 e. The van der Waals surface area contributed by atoms with Crippen molar-refractivity contribution in [2.75, 3.05) is 46.4 Å². The van der Waals surface area contributed by atoms with Gasteiger partial charge in [0.1, 0.15) is 11.5 Å². The van der Waals surface area contributed by atoms with Crippen LogP contribution in [0.15, 0.2) is 59.6 Å². The summed E-state index contributed by atoms with van der Waals surface area (Å²) in [6.07, 6.45) is 1.19. The van der Waals surface area contributed by atoms with Crippen molar-refractivity contribution in [1.29, 1.82) is 0 Å². The Morgan fingerprint density at radius 2 is 1.73 bits per heavy atom. The molecule has 0 saturated carbocycles. The number of aliphatic imine (C=N–C) groups is 1. The molecule has 30 heavy (non-hydrogen) atoms. The zero-order valence-corrected chi connectivity index (χ0v) is 19.8. The van der Waals surface area contributed by atoms with Crippen LogP contribution < -0.4 is 10.1 Å². The van der Waals surface area contributed by atoms with Crippen molar-refractivity contribution in [2.24, 2.45) is 4.99 Å². The summed E-state index contributed by atoms with van der Waals surface area (Å²) in [5.74, 6) is 2.67. The van der Waals surface area contributed by atoms with Crippen LogP contribution in [0.5, 0.6) is 11.5 Å². The largest absolute Gasteiger partial charge is 0.457 e. The van der Waals surface area contributed by atoms with E-state index in [0.717, 1.165) is 63.4 Å². The SMILES string of the molecule is CN=C(NCc1ccc(Oc2ccccc2)cc1)N1CCC(N2CCOCC2)C1.I. The fourth-order valence-electron chi connectivity index (χ4n) is 3.99. The number of ether oxygens (including phenoxy) is 2. The molecule has 2 fully saturated rings. The summed E-state index contributed by atoms with van der Waals surface area (Å²) in [4.78, 5) is 9.43. The molecule has 2 aliphatic heterocycles. The van der Waals surface area contributed by atoms with E-state index in [4.69, 9.17) is 9.47 Å². The lowest BCUT2D eigenvalue weighted by molar-refractivity contribution is 0.0195. The second kappa shape index (κ2) is 11.5. The van der Waals surface area contributed by atoms with E-state index in [1.54, 1.807) is 0 Å². The third kappa shape index (κ3) is 6.09. The standard InChI is InChI=1S/C23H30N4O2.HI/c1-24-23(27-12-11-20(18-27)26-13-15-28-16-14-26)25-17-19-7-9-22(10-8-19)29-21-5-3-2-4-6-21;/h2-10,20H,11-18H2,1H3,(H,24,25);1H. The lowest BCUT2D eigenvalue weighted by atomic mass is 10.2. The first-order valence-electron chi connectivity index (χ1n) is 10.4. The Morgan fingerprint density at radius 3 is 2.43 bits per heavy atom. The first-order chi connectivity index (χ1) is 14.3. The second-order valence-corrected chi connectivity index (χ2v) is 7.50. The van der Waals surface area contributed by atoms with Gasteiger partial charge in [0, 0.05) is 45.8 Å². The Hall–Kier alpha value is -1.84. The monoisotopic (exact) mass is 522 g/mol. The lowest BCUT2D eigenvalue weighted by Crippen LogP contribution is -2.46. The van der Waals surface area contributed by atoms with Gasteiger partial charge in [-0.1, -0.05) is 30.3 Å². The molecule has 2 aromatic carbocycles. The number of hydrogen-bond donors (Lipinski definition) is 1. The van der Waals surface area contributed by atoms with Crippen LogP contribution in [0.2, 0.25) is 0 Å². The molecule has 162 valence electrons. The van der Waals surface area contributed by atoms with Gasteiger partial charge < -0.3 is 19.7 Å². The van der Waals surface area contributed by atoms with Crippen LogP contribution in [0.1, 0.15) is 12.0 Å². The number of guanidine groups is 1. The van der Waals surface area contributed by atoms with Crippen LogP contribution in [-0.2, 0) is 11.3 Å². The Bertz CT molecular complexity index is 795. The van der Waals surface area contributed by atoms with Gasteiger partial charge in [-0.3, -0.25) is 9.89 Å². The van der Waals surface area contributed by atoms with E-state index < -0.39 is 0 Å². The van der Waals surface area contributed by atoms with E-state index in [9.17, 15) is 0 Å². The quantitative estimate of drug-likeness (QED) is 0.370. The van der Waals surface area contributed by atoms with E-state index >= 15 is 0 Å². The Kier molecular flexibility index (Phi) is 8.77. The molecule has 2 heterocycles. The van der Waals surface area contributed by atoms with Gasteiger partial charge in [0.05, 0.1) is 13.2 Å². The van der Waals surface area contributed by atoms with Gasteiger partial charge >= 0.3 is 0 Å². The maximum Gasteiger partial charge on any atom is 0.193 e. The maximum absolute atomic E-state index is 5.86. The zero-order valence-electron chi connectivity index (χ0n) is 17.5. The normalized spacial score (nSPS) is 20.0. The van der Waals surface area contributed by atoms with Crippen LogP contribution >= 0.6 is 24.0 Å². The topological polar surface area (TPSA) is 49.3 Å². The van der Waals surface area contributed by atoms with Crippen molar-refractivity contribution < 1.29 is 9.47 Å². The number of nitrogens with zero attached hydrogens (tertiary/aromatic N) is 3. The third-order valence-corrected chi connectivity index (χ3v) is 5.59. The van der Waals surface area contributed by atoms with Gasteiger partial charge in [0.2, 0.25) is 0 Å². The van der Waals surface area contributed by atoms with Crippen molar-refractivity contribution in [1.82, 2.24) is 15.1 Å². The molecule has 4 rings (SSSR count). The fourth-order valence-corrected chi connectivity index (χ4v) is 3.99. The zero-order chi connectivity index (χ0) is 19.9. The van der Waals surface area contributed by atoms with Crippen molar-refractivity contribution in [2.45, 2.75) is 19.0 Å². The predicted molar refractivity (Wildman–Crippen MR) is 131 cm³/mol. The molecule has 0 spiro atoms. The summed E-state index contributed by atoms with van der Waals surface area (Å²) < 4.78 is 11.3. The average Bonchev–Trinajstić information content (AvgIpc) is 3.27. The summed E-state index contributed by atoms with van der Waals surface area (Å²) in [5.41, 5.74) is 1.20. The molecular weight excluding hydrogens is 491 g/mol. The highest BCUT2D eigenvalue weighted by Crippen LogP contribution is 2.21. The van der Waals surface area contributed by atoms with Crippen molar-refractivity contribution in [3.63, 3.8) is 0 Å². The van der Waals surface area contributed by atoms with Crippen LogP contribution in [0, 0.1) is 0 Å². The van der Waals surface area contributed by atoms with Crippen molar-refractivity contribution in [3.05, 3.63) is 60.2 Å². The Labute approximate surface area is 196 Å². The minimum atomic E-state index is 0. The van der Waals surface area contributed by atoms with Gasteiger partial charge in [-0.15, -0.1) is 24.0 Å². The summed E-state index contributed by atoms with van der Waals surface area (Å²) in [7, 11) is 1.86. The molecule has 7 heteroatoms. The number of rotatable bonds is 5. The summed E-state index contributed by atoms with van der Waals surface area (Å²) in [6, 6.07) is 18.7. The molecule has 6 nitrogen and oxygen atoms in total. The minimum absolute atomic E-state index is 0. The van der Waals surface area contributed by atoms with Crippen molar-refractivity contribution in [3.8, 4) is 11.5 Å². The van der Waals surface area contributed by atoms with Gasteiger partial charge in [0.25, 0.3) is 0 Å². The van der Waals surface area contributed by atoms with Gasteiger partial charge in [0.15, 0.2) is 5.96 Å². The average molecular weight is 522 g/mol. The molecule has 2 aliphatic rings. The number of hydrogen-bond acceptors (Lipinski definition) is 4. The van der Waals surface area contributed by atoms with Gasteiger partial charge in [-0.25, -0.2) is 0 Å². The van der Waals surface area contributed by atoms with E-state index in [-0.39, 0.29) is 24.0 Å². The third-order valence-electron chi connectivity index (χ3n) is 5.59. The molecular formula is C23H31IN4O2. The summed E-state index contributed by atoms with van der Waals surface area (Å²) >= 11 is 0. The van der Waals surface area contributed by atoms with Crippen molar-refractivity contribution >= 4 is 29.9 Å². The summed E-state index contributed by atoms with van der Waals surface area (Å²) in [5, 5.41) is 3.51. The molecule has 0 aromatic heterocycles. The van der Waals surface area contributed by atoms with E-state index in [2.05, 4.69) is 32.2 Å². The number of morpholine rings is 1. The fraction of sp³-hybridized carbons (Fsp3) is 0.435. The lowest BCUT2D eigenvalue weighted by Gasteiger charge is -2.32. The first-order valence-corrected chi connectivity index (χ1v) is 10.4. The molecule has 2 aromatic rings. The highest BCUT2D eigenvalue weighted by atomic mass is 127. The second-order valence-electron chi connectivity index (χ2n) is 7.50. The van der Waals surface area contributed by atoms with E-state index in [1.165, 1.54) is 12.0 Å². The van der Waals surface area contributed by atoms with Crippen LogP contribution in [0.3, 0.4) is 0 Å². The molecule has 2 saturated heterocycles. The molecule has 0 amide bonds. The highest BCUT2D eigenvalue weighted by molar-refractivity contribution is 14.0. The summed E-state index contributed by atoms with van der Waals surface area (Å²) in [6.45, 7) is 6.62. The number of benzene rings is 2. The Morgan fingerprint density at radius 1 is 1.03 bits per heavy atom. The van der Waals surface area contributed by atoms with E-state index in [0.29, 0.717) is 6.04 Å². The molecule has 0 radical (unpaired) electrons. The van der Waals surface area contributed by atoms with Crippen LogP contribution in [-0.4, -0.2) is 68.2 Å². The van der Waals surface area contributed by atoms with Crippen LogP contribution in [0.25, 0.3) is 0 Å². The van der Waals surface area contributed by atoms with Gasteiger partial charge in [-0.2, -0.15) is 0 Å². The molecule has 1 atom stereocenters. The van der Waals surface area contributed by atoms with Gasteiger partial charge in [-0.05, 0) is 36.2 Å².